The van der Waals surface area contributed by atoms with Gasteiger partial charge in [0.25, 0.3) is 0 Å². The van der Waals surface area contributed by atoms with Gasteiger partial charge in [-0.2, -0.15) is 0 Å². The average Bonchev–Trinajstić information content (AvgIpc) is 4.08. The van der Waals surface area contributed by atoms with Crippen LogP contribution in [0.5, 0.6) is 0 Å². The summed E-state index contributed by atoms with van der Waals surface area (Å²) in [7, 11) is 2.69. The van der Waals surface area contributed by atoms with Gasteiger partial charge in [0.15, 0.2) is 5.13 Å². The van der Waals surface area contributed by atoms with Gasteiger partial charge in [0.1, 0.15) is 23.2 Å². The second kappa shape index (κ2) is 18.3. The van der Waals surface area contributed by atoms with E-state index in [4.69, 9.17) is 27.9 Å². The number of hydrogen-bond acceptors (Lipinski definition) is 11. The van der Waals surface area contributed by atoms with Crippen molar-refractivity contribution in [1.29, 1.82) is 0 Å². The topological polar surface area (TPSA) is 276 Å². The van der Waals surface area contributed by atoms with Crippen molar-refractivity contribution in [2.24, 2.45) is 23.3 Å². The molecule has 1 aliphatic carbocycles. The number of carboxylic acid groups (broad SMARTS) is 2. The molecule has 19 heteroatoms. The van der Waals surface area contributed by atoms with Crippen LogP contribution in [0.4, 0.5) is 26.1 Å². The van der Waals surface area contributed by atoms with E-state index < -0.39 is 70.8 Å². The fourth-order valence-corrected chi connectivity index (χ4v) is 12.7. The van der Waals surface area contributed by atoms with E-state index in [1.165, 1.54) is 28.8 Å². The van der Waals surface area contributed by atoms with Crippen LogP contribution in [0.3, 0.4) is 0 Å². The van der Waals surface area contributed by atoms with Crippen molar-refractivity contribution in [2.45, 2.75) is 127 Å². The first-order chi connectivity index (χ1) is 31.2. The van der Waals surface area contributed by atoms with Crippen LogP contribution in [0.2, 0.25) is 0 Å². The molecule has 3 saturated heterocycles. The van der Waals surface area contributed by atoms with E-state index in [0.717, 1.165) is 57.4 Å². The summed E-state index contributed by atoms with van der Waals surface area (Å²) in [5.74, 6) is -3.32. The van der Waals surface area contributed by atoms with Crippen LogP contribution in [-0.4, -0.2) is 110 Å². The summed E-state index contributed by atoms with van der Waals surface area (Å²) in [5.41, 5.74) is 27.2. The first-order valence-corrected chi connectivity index (χ1v) is 23.7. The number of aryl methyl sites for hydroxylation is 2. The quantitative estimate of drug-likeness (QED) is 0.122. The van der Waals surface area contributed by atoms with Crippen molar-refractivity contribution in [1.82, 2.24) is 24.6 Å². The van der Waals surface area contributed by atoms with Gasteiger partial charge in [-0.15, -0.1) is 11.3 Å². The van der Waals surface area contributed by atoms with Crippen LogP contribution < -0.4 is 27.8 Å². The number of likely N-dealkylation sites (N-methyl/N-ethyl adjacent to an activating group) is 2. The number of nitrogen functional groups attached to an aromatic ring is 2. The molecule has 0 saturated carbocycles. The van der Waals surface area contributed by atoms with Gasteiger partial charge in [-0.3, -0.25) is 29.0 Å². The van der Waals surface area contributed by atoms with Crippen molar-refractivity contribution < 1.29 is 39.0 Å². The van der Waals surface area contributed by atoms with Gasteiger partial charge in [-0.1, -0.05) is 52.0 Å². The molecule has 3 aromatic rings. The fraction of sp³-hybridized carbons (Fsp3) is 0.553. The lowest BCUT2D eigenvalue weighted by Gasteiger charge is -2.41. The molecular formula is C47H64N10O8S. The zero-order valence-corrected chi connectivity index (χ0v) is 39.5. The molecule has 4 heterocycles. The minimum atomic E-state index is -1.60. The van der Waals surface area contributed by atoms with Crippen LogP contribution >= 0.6 is 11.3 Å². The second-order valence-corrected chi connectivity index (χ2v) is 20.1. The van der Waals surface area contributed by atoms with Crippen molar-refractivity contribution in [3.8, 4) is 0 Å². The fourth-order valence-electron chi connectivity index (χ4n) is 11.4. The van der Waals surface area contributed by atoms with Crippen molar-refractivity contribution >= 4 is 63.7 Å². The summed E-state index contributed by atoms with van der Waals surface area (Å²) in [4.78, 5) is 93.5. The van der Waals surface area contributed by atoms with Gasteiger partial charge in [-0.25, -0.2) is 14.6 Å². The lowest BCUT2D eigenvalue weighted by molar-refractivity contribution is -0.148. The maximum atomic E-state index is 14.3. The van der Waals surface area contributed by atoms with Gasteiger partial charge in [-0.05, 0) is 99.3 Å². The third-order valence-corrected chi connectivity index (χ3v) is 15.7. The summed E-state index contributed by atoms with van der Waals surface area (Å²) >= 11 is 1.67. The molecule has 356 valence electrons. The first kappa shape index (κ1) is 47.8. The SMILES string of the molecule is CC(C)[C@@H](C(=O)N1CCC[C@@]1(C(N)=O)c1ccc([C@H]2CC[C@H](c3ccc([C@]4(C(N)=O)CCCN4C(=O)[C@H](C(C)C)N(C)C(=O)O)c(N)c3)N2c2nc3c(s2)CCCC3)cc1N)N(C)C(=O)O. The number of thiazole rings is 1. The predicted octanol–water partition coefficient (Wildman–Crippen LogP) is 5.14. The standard InChI is InChI=1S/C47H64N10O8S/c1-25(2)37(53(5)44(62)63)39(58)55-21-9-19-46(55,41(50)60)29-15-13-27(23-31(29)48)34-17-18-35(57(34)43-52-33-11-7-8-12-36(33)66-43)28-14-16-30(32(49)24-28)47(42(51)61)20-10-22-56(47)40(59)38(26(3)4)54(6)45(64)65/h13-16,23-26,34-35,37-38H,7-12,17-22,48-49H2,1-6H3,(H2,50,60)(H2,51,61)(H,62,63)(H,64,65)/t34-,35-,37+,38+,46+,47+/m1/s1. The monoisotopic (exact) mass is 928 g/mol. The molecule has 1 aromatic heterocycles. The zero-order chi connectivity index (χ0) is 48.2. The van der Waals surface area contributed by atoms with E-state index in [1.807, 2.05) is 24.3 Å². The number of nitrogens with zero attached hydrogens (tertiary/aromatic N) is 6. The molecular weight excluding hydrogens is 865 g/mol. The second-order valence-electron chi connectivity index (χ2n) is 19.1. The van der Waals surface area contributed by atoms with Crippen LogP contribution in [-0.2, 0) is 43.1 Å². The number of benzene rings is 2. The molecule has 10 N–H and O–H groups in total. The van der Waals surface area contributed by atoms with Crippen LogP contribution in [0.15, 0.2) is 36.4 Å². The lowest BCUT2D eigenvalue weighted by Crippen LogP contribution is -2.59. The molecule has 6 atom stereocenters. The number of likely N-dealkylation sites (tertiary alicyclic amines) is 2. The van der Waals surface area contributed by atoms with E-state index in [1.54, 1.807) is 51.2 Å². The highest BCUT2D eigenvalue weighted by atomic mass is 32.1. The number of hydrogen-bond donors (Lipinski definition) is 6. The summed E-state index contributed by atoms with van der Waals surface area (Å²) < 4.78 is 0. The number of anilines is 3. The number of primary amides is 2. The van der Waals surface area contributed by atoms with E-state index in [2.05, 4.69) is 4.90 Å². The summed E-state index contributed by atoms with van der Waals surface area (Å²) in [5, 5.41) is 20.5. The molecule has 0 radical (unpaired) electrons. The number of carbonyl (C=O) groups excluding carboxylic acids is 4. The number of nitrogens with two attached hydrogens (primary N) is 4. The van der Waals surface area contributed by atoms with E-state index in [0.29, 0.717) is 36.8 Å². The van der Waals surface area contributed by atoms with E-state index >= 15 is 0 Å². The molecule has 0 bridgehead atoms. The Kier molecular flexibility index (Phi) is 13.3. The van der Waals surface area contributed by atoms with Gasteiger partial charge < -0.3 is 47.8 Å². The maximum Gasteiger partial charge on any atom is 0.407 e. The highest BCUT2D eigenvalue weighted by Crippen LogP contribution is 2.52. The highest BCUT2D eigenvalue weighted by molar-refractivity contribution is 7.15. The third kappa shape index (κ3) is 7.91. The molecule has 18 nitrogen and oxygen atoms in total. The minimum absolute atomic E-state index is 0.198. The van der Waals surface area contributed by atoms with Gasteiger partial charge in [0.2, 0.25) is 23.6 Å². The smallest absolute Gasteiger partial charge is 0.407 e. The van der Waals surface area contributed by atoms with Gasteiger partial charge in [0, 0.05) is 54.6 Å². The van der Waals surface area contributed by atoms with Crippen molar-refractivity contribution in [3.05, 3.63) is 69.2 Å². The molecule has 6 amide bonds. The van der Waals surface area contributed by atoms with E-state index in [-0.39, 0.29) is 49.4 Å². The zero-order valence-electron chi connectivity index (χ0n) is 38.7. The van der Waals surface area contributed by atoms with Crippen LogP contribution in [0.25, 0.3) is 0 Å². The molecule has 66 heavy (non-hydrogen) atoms. The molecule has 0 spiro atoms. The Morgan fingerprint density at radius 1 is 0.697 bits per heavy atom. The molecule has 2 aromatic carbocycles. The Morgan fingerprint density at radius 2 is 1.12 bits per heavy atom. The largest absolute Gasteiger partial charge is 0.465 e. The summed E-state index contributed by atoms with van der Waals surface area (Å²) in [6, 6.07) is 8.47. The number of rotatable bonds is 13. The van der Waals surface area contributed by atoms with Gasteiger partial charge >= 0.3 is 12.2 Å². The molecule has 3 aliphatic heterocycles. The Morgan fingerprint density at radius 3 is 1.48 bits per heavy atom. The normalized spacial score (nSPS) is 23.8. The summed E-state index contributed by atoms with van der Waals surface area (Å²) in [6.45, 7) is 7.42. The van der Waals surface area contributed by atoms with Crippen molar-refractivity contribution in [2.75, 3.05) is 43.6 Å². The number of carbonyl (C=O) groups is 6. The van der Waals surface area contributed by atoms with E-state index in [9.17, 15) is 39.0 Å². The lowest BCUT2D eigenvalue weighted by atomic mass is 9.83. The predicted molar refractivity (Wildman–Crippen MR) is 250 cm³/mol. The minimum Gasteiger partial charge on any atom is -0.465 e. The van der Waals surface area contributed by atoms with Gasteiger partial charge in [0.05, 0.1) is 17.8 Å². The number of aromatic nitrogens is 1. The Labute approximate surface area is 389 Å². The average molecular weight is 929 g/mol. The van der Waals surface area contributed by atoms with Crippen molar-refractivity contribution in [3.63, 3.8) is 0 Å². The Hall–Kier alpha value is -6.11. The summed E-state index contributed by atoms with van der Waals surface area (Å²) in [6.07, 6.45) is 4.14. The highest BCUT2D eigenvalue weighted by Gasteiger charge is 2.55. The Bertz CT molecular complexity index is 2260. The number of amides is 6. The molecule has 3 fully saturated rings. The molecule has 0 unspecified atom stereocenters. The first-order valence-electron chi connectivity index (χ1n) is 22.9. The third-order valence-electron chi connectivity index (χ3n) is 14.6. The molecule has 4 aliphatic rings. The van der Waals surface area contributed by atoms with Crippen LogP contribution in [0.1, 0.15) is 124 Å². The molecule has 7 rings (SSSR count). The maximum absolute atomic E-state index is 14.3. The number of fused-ring (bicyclic) bond motifs is 1. The van der Waals surface area contributed by atoms with Crippen LogP contribution in [0, 0.1) is 11.8 Å². The Balaban J connectivity index is 1.26.